The second kappa shape index (κ2) is 7.37. The van der Waals surface area contributed by atoms with Gasteiger partial charge in [-0.25, -0.2) is 0 Å². The summed E-state index contributed by atoms with van der Waals surface area (Å²) in [6, 6.07) is 11.3. The molecule has 138 valence electrons. The van der Waals surface area contributed by atoms with Gasteiger partial charge in [0, 0.05) is 38.3 Å². The van der Waals surface area contributed by atoms with Crippen LogP contribution in [-0.2, 0) is 12.7 Å². The van der Waals surface area contributed by atoms with Crippen LogP contribution in [0.15, 0.2) is 48.5 Å². The number of rotatable bonds is 3. The predicted molar refractivity (Wildman–Crippen MR) is 90.7 cm³/mol. The van der Waals surface area contributed by atoms with Gasteiger partial charge in [-0.1, -0.05) is 12.1 Å². The molecule has 0 aliphatic carbocycles. The zero-order valence-electron chi connectivity index (χ0n) is 14.0. The van der Waals surface area contributed by atoms with Gasteiger partial charge >= 0.3 is 6.18 Å². The molecule has 1 saturated heterocycles. The summed E-state index contributed by atoms with van der Waals surface area (Å²) in [5, 5.41) is 9.29. The van der Waals surface area contributed by atoms with E-state index in [1.165, 1.54) is 24.3 Å². The summed E-state index contributed by atoms with van der Waals surface area (Å²) in [6.07, 6.45) is -4.32. The first-order chi connectivity index (χ1) is 12.3. The smallest absolute Gasteiger partial charge is 0.416 e. The number of amides is 1. The van der Waals surface area contributed by atoms with Crippen molar-refractivity contribution in [2.75, 3.05) is 26.2 Å². The Kier molecular flexibility index (Phi) is 5.18. The van der Waals surface area contributed by atoms with Crippen LogP contribution in [0.2, 0.25) is 0 Å². The molecule has 3 rings (SSSR count). The van der Waals surface area contributed by atoms with Crippen LogP contribution in [0.4, 0.5) is 13.2 Å². The van der Waals surface area contributed by atoms with Crippen LogP contribution >= 0.6 is 0 Å². The number of phenolic OH excluding ortho intramolecular Hbond substituents is 1. The van der Waals surface area contributed by atoms with E-state index >= 15 is 0 Å². The molecule has 1 aliphatic rings. The number of benzene rings is 2. The van der Waals surface area contributed by atoms with Crippen LogP contribution in [0.3, 0.4) is 0 Å². The van der Waals surface area contributed by atoms with Crippen molar-refractivity contribution in [2.24, 2.45) is 0 Å². The highest BCUT2D eigenvalue weighted by Crippen LogP contribution is 2.29. The molecule has 0 spiro atoms. The van der Waals surface area contributed by atoms with E-state index in [-0.39, 0.29) is 11.7 Å². The van der Waals surface area contributed by atoms with E-state index in [0.717, 1.165) is 17.7 Å². The highest BCUT2D eigenvalue weighted by Gasteiger charge is 2.30. The number of halogens is 3. The van der Waals surface area contributed by atoms with Gasteiger partial charge in [0.1, 0.15) is 5.75 Å². The molecule has 1 amide bonds. The quantitative estimate of drug-likeness (QED) is 0.908. The highest BCUT2D eigenvalue weighted by atomic mass is 19.4. The van der Waals surface area contributed by atoms with Crippen molar-refractivity contribution in [3.8, 4) is 5.75 Å². The second-order valence-corrected chi connectivity index (χ2v) is 6.31. The highest BCUT2D eigenvalue weighted by molar-refractivity contribution is 5.94. The topological polar surface area (TPSA) is 43.8 Å². The fourth-order valence-electron chi connectivity index (χ4n) is 2.95. The summed E-state index contributed by atoms with van der Waals surface area (Å²) < 4.78 is 37.8. The van der Waals surface area contributed by atoms with Crippen molar-refractivity contribution >= 4 is 5.91 Å². The number of piperazine rings is 1. The number of hydrogen-bond donors (Lipinski definition) is 1. The molecule has 1 aliphatic heterocycles. The lowest BCUT2D eigenvalue weighted by molar-refractivity contribution is -0.137. The summed E-state index contributed by atoms with van der Waals surface area (Å²) in [7, 11) is 0. The maximum absolute atomic E-state index is 12.6. The third-order valence-corrected chi connectivity index (χ3v) is 4.46. The molecular weight excluding hydrogens is 345 g/mol. The number of alkyl halides is 3. The molecule has 0 atom stereocenters. The second-order valence-electron chi connectivity index (χ2n) is 6.31. The molecule has 1 heterocycles. The Balaban J connectivity index is 1.53. The lowest BCUT2D eigenvalue weighted by atomic mass is 10.1. The first-order valence-corrected chi connectivity index (χ1v) is 8.30. The summed E-state index contributed by atoms with van der Waals surface area (Å²) >= 11 is 0. The standard InChI is InChI=1S/C19H19F3N2O2/c20-19(21,22)16-5-1-14(2-6-16)13-23-9-11-24(12-10-23)18(26)15-3-7-17(25)8-4-15/h1-8,25H,9-13H2. The Hall–Kier alpha value is -2.54. The van der Waals surface area contributed by atoms with Crippen LogP contribution in [0.5, 0.6) is 5.75 Å². The SMILES string of the molecule is O=C(c1ccc(O)cc1)N1CCN(Cc2ccc(C(F)(F)F)cc2)CC1. The van der Waals surface area contributed by atoms with E-state index in [1.54, 1.807) is 17.0 Å². The van der Waals surface area contributed by atoms with Gasteiger partial charge in [0.2, 0.25) is 0 Å². The number of nitrogens with zero attached hydrogens (tertiary/aromatic N) is 2. The van der Waals surface area contributed by atoms with E-state index in [2.05, 4.69) is 4.90 Å². The van der Waals surface area contributed by atoms with Crippen molar-refractivity contribution in [2.45, 2.75) is 12.7 Å². The third-order valence-electron chi connectivity index (χ3n) is 4.46. The average Bonchev–Trinajstić information content (AvgIpc) is 2.62. The monoisotopic (exact) mass is 364 g/mol. The maximum atomic E-state index is 12.6. The van der Waals surface area contributed by atoms with Gasteiger partial charge in [-0.05, 0) is 42.0 Å². The van der Waals surface area contributed by atoms with Gasteiger partial charge in [0.05, 0.1) is 5.56 Å². The van der Waals surface area contributed by atoms with Gasteiger partial charge < -0.3 is 10.0 Å². The van der Waals surface area contributed by atoms with Crippen molar-refractivity contribution in [3.63, 3.8) is 0 Å². The fraction of sp³-hybridized carbons (Fsp3) is 0.316. The number of phenols is 1. The van der Waals surface area contributed by atoms with Crippen molar-refractivity contribution in [3.05, 3.63) is 65.2 Å². The first kappa shape index (κ1) is 18.3. The molecule has 2 aromatic rings. The number of aromatic hydroxyl groups is 1. The van der Waals surface area contributed by atoms with Crippen LogP contribution in [0, 0.1) is 0 Å². The molecule has 0 unspecified atom stereocenters. The summed E-state index contributed by atoms with van der Waals surface area (Å²) in [6.45, 7) is 2.98. The van der Waals surface area contributed by atoms with Crippen LogP contribution in [0.25, 0.3) is 0 Å². The largest absolute Gasteiger partial charge is 0.508 e. The van der Waals surface area contributed by atoms with E-state index < -0.39 is 11.7 Å². The third kappa shape index (κ3) is 4.35. The Bertz CT molecular complexity index is 750. The molecule has 1 N–H and O–H groups in total. The van der Waals surface area contributed by atoms with Gasteiger partial charge in [-0.3, -0.25) is 9.69 Å². The maximum Gasteiger partial charge on any atom is 0.416 e. The molecule has 0 aromatic heterocycles. The first-order valence-electron chi connectivity index (χ1n) is 8.30. The lowest BCUT2D eigenvalue weighted by Crippen LogP contribution is -2.48. The minimum absolute atomic E-state index is 0.0841. The molecule has 0 saturated carbocycles. The Morgan fingerprint density at radius 2 is 1.50 bits per heavy atom. The minimum atomic E-state index is -4.32. The van der Waals surface area contributed by atoms with Gasteiger partial charge in [-0.15, -0.1) is 0 Å². The number of carbonyl (C=O) groups excluding carboxylic acids is 1. The van der Waals surface area contributed by atoms with Gasteiger partial charge in [-0.2, -0.15) is 13.2 Å². The zero-order valence-corrected chi connectivity index (χ0v) is 14.0. The van der Waals surface area contributed by atoms with Crippen molar-refractivity contribution in [1.82, 2.24) is 9.80 Å². The van der Waals surface area contributed by atoms with E-state index in [0.29, 0.717) is 38.3 Å². The van der Waals surface area contributed by atoms with Gasteiger partial charge in [0.15, 0.2) is 0 Å². The van der Waals surface area contributed by atoms with E-state index in [1.807, 2.05) is 0 Å². The normalized spacial score (nSPS) is 15.9. The Labute approximate surface area is 149 Å². The van der Waals surface area contributed by atoms with Crippen LogP contribution in [-0.4, -0.2) is 47.0 Å². The minimum Gasteiger partial charge on any atom is -0.508 e. The van der Waals surface area contributed by atoms with E-state index in [9.17, 15) is 23.1 Å². The number of carbonyl (C=O) groups is 1. The van der Waals surface area contributed by atoms with Crippen molar-refractivity contribution < 1.29 is 23.1 Å². The van der Waals surface area contributed by atoms with Crippen molar-refractivity contribution in [1.29, 1.82) is 0 Å². The molecule has 26 heavy (non-hydrogen) atoms. The Morgan fingerprint density at radius 3 is 2.04 bits per heavy atom. The molecule has 2 aromatic carbocycles. The molecule has 4 nitrogen and oxygen atoms in total. The molecule has 1 fully saturated rings. The molecular formula is C19H19F3N2O2. The van der Waals surface area contributed by atoms with Gasteiger partial charge in [0.25, 0.3) is 5.91 Å². The molecule has 0 radical (unpaired) electrons. The summed E-state index contributed by atoms with van der Waals surface area (Å²) in [5.74, 6) is 0.0297. The fourth-order valence-corrected chi connectivity index (χ4v) is 2.95. The molecule has 7 heteroatoms. The molecule has 0 bridgehead atoms. The summed E-state index contributed by atoms with van der Waals surface area (Å²) in [4.78, 5) is 16.3. The average molecular weight is 364 g/mol. The zero-order chi connectivity index (χ0) is 18.7. The Morgan fingerprint density at radius 1 is 0.923 bits per heavy atom. The van der Waals surface area contributed by atoms with E-state index in [4.69, 9.17) is 0 Å². The predicted octanol–water partition coefficient (Wildman–Crippen LogP) is 3.37. The lowest BCUT2D eigenvalue weighted by Gasteiger charge is -2.34. The van der Waals surface area contributed by atoms with Crippen LogP contribution in [0.1, 0.15) is 21.5 Å². The number of hydrogen-bond acceptors (Lipinski definition) is 3. The van der Waals surface area contributed by atoms with Crippen LogP contribution < -0.4 is 0 Å². The summed E-state index contributed by atoms with van der Waals surface area (Å²) in [5.41, 5.74) is 0.695.